The van der Waals surface area contributed by atoms with Crippen LogP contribution in [-0.4, -0.2) is 22.4 Å². The smallest absolute Gasteiger partial charge is 0.270 e. The predicted molar refractivity (Wildman–Crippen MR) is 106 cm³/mol. The van der Waals surface area contributed by atoms with Crippen molar-refractivity contribution in [1.29, 1.82) is 0 Å². The molecule has 128 valence electrons. The van der Waals surface area contributed by atoms with Crippen molar-refractivity contribution in [2.24, 2.45) is 0 Å². The van der Waals surface area contributed by atoms with Crippen LogP contribution < -0.4 is 9.64 Å². The maximum Gasteiger partial charge on any atom is 0.270 e. The number of methoxy groups -OCH3 is 1. The number of rotatable bonds is 3. The van der Waals surface area contributed by atoms with Gasteiger partial charge in [-0.3, -0.25) is 9.69 Å². The van der Waals surface area contributed by atoms with Gasteiger partial charge in [0, 0.05) is 0 Å². The third-order valence-electron chi connectivity index (χ3n) is 3.65. The average molecular weight is 392 g/mol. The van der Waals surface area contributed by atoms with Crippen LogP contribution in [0.2, 0.25) is 5.02 Å². The minimum Gasteiger partial charge on any atom is -0.503 e. The summed E-state index contributed by atoms with van der Waals surface area (Å²) in [6.45, 7) is 1.98. The first-order valence-corrected chi connectivity index (χ1v) is 8.92. The highest BCUT2D eigenvalue weighted by Crippen LogP contribution is 2.39. The van der Waals surface area contributed by atoms with E-state index in [0.717, 1.165) is 11.3 Å². The van der Waals surface area contributed by atoms with Crippen LogP contribution in [0.4, 0.5) is 5.69 Å². The fraction of sp³-hybridized carbons (Fsp3) is 0.111. The number of benzene rings is 2. The van der Waals surface area contributed by atoms with Gasteiger partial charge >= 0.3 is 0 Å². The van der Waals surface area contributed by atoms with Crippen LogP contribution in [0.3, 0.4) is 0 Å². The number of thiocarbonyl (C=S) groups is 1. The lowest BCUT2D eigenvalue weighted by atomic mass is 10.1. The standard InChI is InChI=1S/C18H14ClNO3S2/c1-10-3-5-12(6-4-10)20-17(22)15(25-18(20)24)9-11-7-13(19)16(21)14(8-11)23-2/h3-9,21H,1-2H3/b15-9+. The summed E-state index contributed by atoms with van der Waals surface area (Å²) in [5.41, 5.74) is 2.48. The maximum absolute atomic E-state index is 12.7. The van der Waals surface area contributed by atoms with Crippen LogP contribution in [0.1, 0.15) is 11.1 Å². The molecule has 1 saturated heterocycles. The Morgan fingerprint density at radius 2 is 1.96 bits per heavy atom. The second kappa shape index (κ2) is 7.07. The van der Waals surface area contributed by atoms with E-state index in [9.17, 15) is 9.90 Å². The first kappa shape index (κ1) is 17.8. The number of aromatic hydroxyl groups is 1. The first-order valence-electron chi connectivity index (χ1n) is 7.32. The zero-order chi connectivity index (χ0) is 18.1. The molecule has 0 aliphatic carbocycles. The zero-order valence-corrected chi connectivity index (χ0v) is 15.8. The van der Waals surface area contributed by atoms with E-state index >= 15 is 0 Å². The number of thioether (sulfide) groups is 1. The summed E-state index contributed by atoms with van der Waals surface area (Å²) in [5.74, 6) is -0.0803. The highest BCUT2D eigenvalue weighted by molar-refractivity contribution is 8.27. The number of phenolic OH excluding ortho intramolecular Hbond substituents is 1. The Labute approximate surface area is 160 Å². The molecule has 25 heavy (non-hydrogen) atoms. The number of nitrogens with zero attached hydrogens (tertiary/aromatic N) is 1. The van der Waals surface area contributed by atoms with Crippen LogP contribution in [-0.2, 0) is 4.79 Å². The second-order valence-electron chi connectivity index (χ2n) is 5.41. The van der Waals surface area contributed by atoms with Gasteiger partial charge in [-0.25, -0.2) is 0 Å². The number of hydrogen-bond donors (Lipinski definition) is 1. The number of ether oxygens (including phenoxy) is 1. The lowest BCUT2D eigenvalue weighted by Gasteiger charge is -2.14. The number of phenols is 1. The number of halogens is 1. The Bertz CT molecular complexity index is 894. The quantitative estimate of drug-likeness (QED) is 0.603. The van der Waals surface area contributed by atoms with Gasteiger partial charge in [0.2, 0.25) is 0 Å². The van der Waals surface area contributed by atoms with Crippen molar-refractivity contribution < 1.29 is 14.6 Å². The molecular formula is C18H14ClNO3S2. The van der Waals surface area contributed by atoms with Crippen LogP contribution in [0.15, 0.2) is 41.3 Å². The third kappa shape index (κ3) is 3.51. The van der Waals surface area contributed by atoms with Crippen molar-refractivity contribution in [1.82, 2.24) is 0 Å². The van der Waals surface area contributed by atoms with E-state index in [0.29, 0.717) is 14.8 Å². The van der Waals surface area contributed by atoms with Crippen LogP contribution in [0.5, 0.6) is 11.5 Å². The molecule has 0 radical (unpaired) electrons. The molecule has 0 saturated carbocycles. The van der Waals surface area contributed by atoms with Gasteiger partial charge in [-0.05, 0) is 42.8 Å². The molecule has 0 unspecified atom stereocenters. The van der Waals surface area contributed by atoms with E-state index in [2.05, 4.69) is 0 Å². The molecule has 0 aromatic heterocycles. The van der Waals surface area contributed by atoms with Gasteiger partial charge < -0.3 is 9.84 Å². The molecule has 0 atom stereocenters. The normalized spacial score (nSPS) is 16.0. The Morgan fingerprint density at radius 3 is 2.60 bits per heavy atom. The minimum absolute atomic E-state index is 0.131. The fourth-order valence-electron chi connectivity index (χ4n) is 2.37. The summed E-state index contributed by atoms with van der Waals surface area (Å²) in [6, 6.07) is 10.8. The lowest BCUT2D eigenvalue weighted by molar-refractivity contribution is -0.113. The van der Waals surface area contributed by atoms with E-state index < -0.39 is 0 Å². The molecule has 0 spiro atoms. The number of carbonyl (C=O) groups excluding carboxylic acids is 1. The second-order valence-corrected chi connectivity index (χ2v) is 7.49. The van der Waals surface area contributed by atoms with Crippen molar-refractivity contribution in [2.75, 3.05) is 12.0 Å². The van der Waals surface area contributed by atoms with Crippen molar-refractivity contribution in [3.63, 3.8) is 0 Å². The third-order valence-corrected chi connectivity index (χ3v) is 5.24. The Balaban J connectivity index is 1.95. The maximum atomic E-state index is 12.7. The Hall–Kier alpha value is -2.02. The van der Waals surface area contributed by atoms with Gasteiger partial charge in [0.25, 0.3) is 5.91 Å². The summed E-state index contributed by atoms with van der Waals surface area (Å²) < 4.78 is 5.56. The molecule has 1 aliphatic heterocycles. The minimum atomic E-state index is -0.193. The van der Waals surface area contributed by atoms with Crippen molar-refractivity contribution >= 4 is 57.6 Å². The molecule has 1 aliphatic rings. The summed E-state index contributed by atoms with van der Waals surface area (Å²) >= 11 is 12.6. The van der Waals surface area contributed by atoms with Crippen molar-refractivity contribution in [3.05, 3.63) is 57.5 Å². The van der Waals surface area contributed by atoms with Gasteiger partial charge in [0.05, 0.1) is 22.7 Å². The summed E-state index contributed by atoms with van der Waals surface area (Å²) in [5, 5.41) is 9.96. The van der Waals surface area contributed by atoms with Crippen LogP contribution >= 0.6 is 35.6 Å². The summed E-state index contributed by atoms with van der Waals surface area (Å²) in [6.07, 6.45) is 1.68. The van der Waals surface area contributed by atoms with Crippen LogP contribution in [0, 0.1) is 6.92 Å². The number of aryl methyl sites for hydroxylation is 1. The number of anilines is 1. The van der Waals surface area contributed by atoms with Gasteiger partial charge in [0.15, 0.2) is 15.8 Å². The number of hydrogen-bond acceptors (Lipinski definition) is 5. The predicted octanol–water partition coefficient (Wildman–Crippen LogP) is 4.77. The highest BCUT2D eigenvalue weighted by Gasteiger charge is 2.33. The van der Waals surface area contributed by atoms with Crippen molar-refractivity contribution in [3.8, 4) is 11.5 Å². The van der Waals surface area contributed by atoms with Gasteiger partial charge in [-0.1, -0.05) is 53.3 Å². The molecule has 2 aromatic rings. The molecule has 3 rings (SSSR count). The van der Waals surface area contributed by atoms with Crippen LogP contribution in [0.25, 0.3) is 6.08 Å². The summed E-state index contributed by atoms with van der Waals surface area (Å²) in [7, 11) is 1.44. The highest BCUT2D eigenvalue weighted by atomic mass is 35.5. The molecule has 7 heteroatoms. The number of amides is 1. The fourth-order valence-corrected chi connectivity index (χ4v) is 3.89. The summed E-state index contributed by atoms with van der Waals surface area (Å²) in [4.78, 5) is 14.7. The lowest BCUT2D eigenvalue weighted by Crippen LogP contribution is -2.27. The zero-order valence-electron chi connectivity index (χ0n) is 13.4. The largest absolute Gasteiger partial charge is 0.503 e. The number of carbonyl (C=O) groups is 1. The molecule has 0 bridgehead atoms. The Kier molecular flexibility index (Phi) is 5.03. The van der Waals surface area contributed by atoms with E-state index in [-0.39, 0.29) is 22.4 Å². The monoisotopic (exact) mass is 391 g/mol. The van der Waals surface area contributed by atoms with Gasteiger partial charge in [0.1, 0.15) is 0 Å². The first-order chi connectivity index (χ1) is 11.9. The molecule has 4 nitrogen and oxygen atoms in total. The topological polar surface area (TPSA) is 49.8 Å². The van der Waals surface area contributed by atoms with E-state index in [1.165, 1.54) is 23.8 Å². The molecule has 1 heterocycles. The molecule has 1 N–H and O–H groups in total. The Morgan fingerprint density at radius 1 is 1.28 bits per heavy atom. The van der Waals surface area contributed by atoms with Crippen molar-refractivity contribution in [2.45, 2.75) is 6.92 Å². The molecule has 1 fully saturated rings. The van der Waals surface area contributed by atoms with E-state index in [1.54, 1.807) is 18.2 Å². The molecule has 1 amide bonds. The van der Waals surface area contributed by atoms with Gasteiger partial charge in [-0.15, -0.1) is 0 Å². The van der Waals surface area contributed by atoms with Gasteiger partial charge in [-0.2, -0.15) is 0 Å². The molecule has 2 aromatic carbocycles. The average Bonchev–Trinajstić information content (AvgIpc) is 2.85. The van der Waals surface area contributed by atoms with E-state index in [1.807, 2.05) is 31.2 Å². The molecular weight excluding hydrogens is 378 g/mol. The van der Waals surface area contributed by atoms with E-state index in [4.69, 9.17) is 28.6 Å². The SMILES string of the molecule is COc1cc(/C=C2/SC(=S)N(c3ccc(C)cc3)C2=O)cc(Cl)c1O.